The maximum absolute atomic E-state index is 12.6. The van der Waals surface area contributed by atoms with E-state index in [1.54, 1.807) is 0 Å². The average Bonchev–Trinajstić information content (AvgIpc) is 2.77. The van der Waals surface area contributed by atoms with Gasteiger partial charge in [-0.05, 0) is 74.0 Å². The molecule has 3 aromatic carbocycles. The minimum absolute atomic E-state index is 0.323. The Balaban J connectivity index is 0.000000441. The molecule has 0 aliphatic heterocycles. The quantitative estimate of drug-likeness (QED) is 0.453. The van der Waals surface area contributed by atoms with Crippen LogP contribution in [0.5, 0.6) is 5.75 Å². The van der Waals surface area contributed by atoms with Crippen molar-refractivity contribution in [3.8, 4) is 5.75 Å². The predicted octanol–water partition coefficient (Wildman–Crippen LogP) is 3.90. The molecule has 174 valence electrons. The molecule has 0 aromatic heterocycles. The second kappa shape index (κ2) is 15.2. The summed E-state index contributed by atoms with van der Waals surface area (Å²) in [4.78, 5) is 10.0. The zero-order valence-corrected chi connectivity index (χ0v) is 18.7. The molecule has 0 spiro atoms. The van der Waals surface area contributed by atoms with Crippen LogP contribution in [0.15, 0.2) is 60.7 Å². The van der Waals surface area contributed by atoms with Crippen LogP contribution in [0.2, 0.25) is 0 Å². The predicted molar refractivity (Wildman–Crippen MR) is 129 cm³/mol. The molecule has 7 N–H and O–H groups in total. The first-order chi connectivity index (χ1) is 15.1. The van der Waals surface area contributed by atoms with Crippen molar-refractivity contribution in [3.05, 3.63) is 83.4 Å². The number of aryl methyl sites for hydroxylation is 1. The van der Waals surface area contributed by atoms with Gasteiger partial charge in [0, 0.05) is 31.2 Å². The summed E-state index contributed by atoms with van der Waals surface area (Å²) in [6, 6.07) is 17.7. The molecule has 0 saturated carbocycles. The summed E-state index contributed by atoms with van der Waals surface area (Å²) in [6.45, 7) is 4.36. The number of hydrogen-bond acceptors (Lipinski definition) is 6. The van der Waals surface area contributed by atoms with E-state index in [2.05, 4.69) is 0 Å². The Kier molecular flexibility index (Phi) is 13.5. The Morgan fingerprint density at radius 1 is 0.875 bits per heavy atom. The first kappa shape index (κ1) is 28.4. The van der Waals surface area contributed by atoms with Crippen molar-refractivity contribution in [2.75, 3.05) is 37.0 Å². The molecule has 0 fully saturated rings. The second-order valence-corrected chi connectivity index (χ2v) is 6.84. The number of anilines is 3. The Bertz CT molecular complexity index is 874. The highest BCUT2D eigenvalue weighted by atomic mass is 19.1. The fourth-order valence-corrected chi connectivity index (χ4v) is 2.27. The van der Waals surface area contributed by atoms with E-state index in [0.29, 0.717) is 18.5 Å². The molecule has 8 heteroatoms. The van der Waals surface area contributed by atoms with E-state index in [1.165, 1.54) is 11.3 Å². The van der Waals surface area contributed by atoms with Crippen molar-refractivity contribution < 1.29 is 18.7 Å². The minimum atomic E-state index is -0.946. The van der Waals surface area contributed by atoms with Gasteiger partial charge in [0.25, 0.3) is 0 Å². The van der Waals surface area contributed by atoms with Crippen LogP contribution in [-0.4, -0.2) is 32.5 Å². The van der Waals surface area contributed by atoms with Crippen LogP contribution in [-0.2, 0) is 11.2 Å². The van der Waals surface area contributed by atoms with Crippen LogP contribution in [0.1, 0.15) is 11.1 Å². The van der Waals surface area contributed by atoms with Gasteiger partial charge in [-0.2, -0.15) is 0 Å². The van der Waals surface area contributed by atoms with Crippen LogP contribution in [0.3, 0.4) is 0 Å². The Morgan fingerprint density at radius 2 is 1.28 bits per heavy atom. The van der Waals surface area contributed by atoms with Crippen LogP contribution in [0.25, 0.3) is 0 Å². The van der Waals surface area contributed by atoms with Gasteiger partial charge in [0.2, 0.25) is 0 Å². The largest absolute Gasteiger partial charge is 0.503 e. The van der Waals surface area contributed by atoms with Crippen LogP contribution >= 0.6 is 0 Å². The van der Waals surface area contributed by atoms with E-state index < -0.39 is 17.4 Å². The second-order valence-electron chi connectivity index (χ2n) is 6.84. The van der Waals surface area contributed by atoms with E-state index in [1.807, 2.05) is 81.2 Å². The topological polar surface area (TPSA) is 119 Å². The number of nitrogen functional groups attached to an aromatic ring is 2. The van der Waals surface area contributed by atoms with Gasteiger partial charge in [-0.25, -0.2) is 8.78 Å². The Hall–Kier alpha value is -3.65. The van der Waals surface area contributed by atoms with Gasteiger partial charge < -0.3 is 32.0 Å². The highest BCUT2D eigenvalue weighted by Crippen LogP contribution is 2.21. The molecule has 3 aromatic rings. The maximum atomic E-state index is 12.6. The summed E-state index contributed by atoms with van der Waals surface area (Å²) in [6.07, 6.45) is 0.397. The lowest BCUT2D eigenvalue weighted by Gasteiger charge is -2.11. The smallest absolute Gasteiger partial charge is 0.187 e. The molecule has 0 atom stereocenters. The number of rotatable bonds is 3. The van der Waals surface area contributed by atoms with Gasteiger partial charge in [-0.15, -0.1) is 0 Å². The lowest BCUT2D eigenvalue weighted by atomic mass is 10.1. The number of carbonyl (C=O) groups excluding carboxylic acids is 1. The number of nitrogens with zero attached hydrogens (tertiary/aromatic N) is 1. The normalized spacial score (nSPS) is 9.19. The first-order valence-electron chi connectivity index (χ1n) is 9.64. The van der Waals surface area contributed by atoms with Crippen LogP contribution in [0, 0.1) is 18.6 Å². The number of halogens is 2. The molecule has 0 unspecified atom stereocenters. The molecule has 0 aliphatic carbocycles. The van der Waals surface area contributed by atoms with Crippen molar-refractivity contribution in [1.82, 2.24) is 0 Å². The van der Waals surface area contributed by atoms with E-state index in [9.17, 15) is 8.78 Å². The number of nitrogens with two attached hydrogens (primary N) is 3. The SMILES string of the molecule is C=O.CN(C)c1ccc(N)cc1.Cc1ccc(N)cc1.NCCc1cc(F)c(O)c(F)c1. The molecule has 0 heterocycles. The average molecular weight is 447 g/mol. The standard InChI is InChI=1S/C8H9F2NO.C8H12N2.C7H9N.CH2O/c9-6-3-5(1-2-11)4-7(10)8(6)12;1-10(2)8-5-3-7(9)4-6-8;1-6-2-4-7(8)5-3-6;1-2/h3-4,12H,1-2,11H2;3-6H,9H2,1-2H3;2-5H,8H2,1H3;1H2. The third-order valence-electron chi connectivity index (χ3n) is 4.00. The fraction of sp³-hybridized carbons (Fsp3) is 0.208. The van der Waals surface area contributed by atoms with Gasteiger partial charge in [0.15, 0.2) is 17.4 Å². The van der Waals surface area contributed by atoms with Crippen molar-refractivity contribution in [2.24, 2.45) is 5.73 Å². The van der Waals surface area contributed by atoms with E-state index in [-0.39, 0.29) is 0 Å². The molecule has 0 saturated heterocycles. The molecule has 0 aliphatic rings. The lowest BCUT2D eigenvalue weighted by Crippen LogP contribution is -2.08. The molecule has 0 bridgehead atoms. The Morgan fingerprint density at radius 3 is 1.62 bits per heavy atom. The van der Waals surface area contributed by atoms with Crippen molar-refractivity contribution in [3.63, 3.8) is 0 Å². The van der Waals surface area contributed by atoms with Gasteiger partial charge in [0.05, 0.1) is 0 Å². The van der Waals surface area contributed by atoms with Gasteiger partial charge in [0.1, 0.15) is 6.79 Å². The highest BCUT2D eigenvalue weighted by molar-refractivity contribution is 5.52. The van der Waals surface area contributed by atoms with Gasteiger partial charge in [-0.3, -0.25) is 0 Å². The van der Waals surface area contributed by atoms with Crippen molar-refractivity contribution >= 4 is 23.9 Å². The number of carbonyl (C=O) groups is 1. The van der Waals surface area contributed by atoms with Crippen molar-refractivity contribution in [1.29, 1.82) is 0 Å². The lowest BCUT2D eigenvalue weighted by molar-refractivity contribution is -0.0980. The highest BCUT2D eigenvalue weighted by Gasteiger charge is 2.08. The molecular weight excluding hydrogens is 414 g/mol. The Labute approximate surface area is 188 Å². The molecule has 0 amide bonds. The van der Waals surface area contributed by atoms with E-state index in [4.69, 9.17) is 27.1 Å². The van der Waals surface area contributed by atoms with E-state index >= 15 is 0 Å². The summed E-state index contributed by atoms with van der Waals surface area (Å²) in [7, 11) is 4.01. The third-order valence-corrected chi connectivity index (χ3v) is 4.00. The van der Waals surface area contributed by atoms with Gasteiger partial charge >= 0.3 is 0 Å². The maximum Gasteiger partial charge on any atom is 0.187 e. The van der Waals surface area contributed by atoms with Crippen LogP contribution in [0.4, 0.5) is 25.8 Å². The van der Waals surface area contributed by atoms with Crippen LogP contribution < -0.4 is 22.1 Å². The number of hydrogen-bond donors (Lipinski definition) is 4. The number of aromatic hydroxyl groups is 1. The number of benzene rings is 3. The summed E-state index contributed by atoms with van der Waals surface area (Å²) >= 11 is 0. The molecule has 32 heavy (non-hydrogen) atoms. The summed E-state index contributed by atoms with van der Waals surface area (Å²) < 4.78 is 25.3. The zero-order valence-electron chi connectivity index (χ0n) is 18.7. The summed E-state index contributed by atoms with van der Waals surface area (Å²) in [5.74, 6) is -2.83. The third kappa shape index (κ3) is 10.9. The molecule has 0 radical (unpaired) electrons. The molecular formula is C24H32F2N4O2. The summed E-state index contributed by atoms with van der Waals surface area (Å²) in [5, 5.41) is 8.72. The first-order valence-corrected chi connectivity index (χ1v) is 9.64. The van der Waals surface area contributed by atoms with Gasteiger partial charge in [-0.1, -0.05) is 17.7 Å². The number of phenols is 1. The minimum Gasteiger partial charge on any atom is -0.503 e. The monoisotopic (exact) mass is 446 g/mol. The zero-order chi connectivity index (χ0) is 24.7. The fourth-order valence-electron chi connectivity index (χ4n) is 2.27. The molecule has 6 nitrogen and oxygen atoms in total. The molecule has 3 rings (SSSR count). The van der Waals surface area contributed by atoms with E-state index in [0.717, 1.165) is 23.5 Å². The van der Waals surface area contributed by atoms with Crippen molar-refractivity contribution in [2.45, 2.75) is 13.3 Å². The number of phenolic OH excluding ortho intramolecular Hbond substituents is 1. The summed E-state index contributed by atoms with van der Waals surface area (Å²) in [5.41, 5.74) is 20.6.